The monoisotopic (exact) mass is 570 g/mol. The number of rotatable bonds is 6. The third kappa shape index (κ3) is 7.67. The van der Waals surface area contributed by atoms with E-state index < -0.39 is 15.5 Å². The van der Waals surface area contributed by atoms with Crippen molar-refractivity contribution in [1.82, 2.24) is 19.8 Å². The maximum absolute atomic E-state index is 12.6. The highest BCUT2D eigenvalue weighted by Crippen LogP contribution is 2.30. The lowest BCUT2D eigenvalue weighted by atomic mass is 9.98. The van der Waals surface area contributed by atoms with E-state index in [0.29, 0.717) is 29.7 Å². The number of aliphatic imine (C=N–C) groups is 1. The van der Waals surface area contributed by atoms with Crippen molar-refractivity contribution in [2.24, 2.45) is 16.6 Å². The summed E-state index contributed by atoms with van der Waals surface area (Å²) in [4.78, 5) is 17.1. The molecule has 14 heteroatoms. The van der Waals surface area contributed by atoms with Crippen LogP contribution >= 0.6 is 24.0 Å². The zero-order chi connectivity index (χ0) is 21.7. The normalized spacial score (nSPS) is 21.1. The summed E-state index contributed by atoms with van der Waals surface area (Å²) in [5.41, 5.74) is -0.0461. The quantitative estimate of drug-likeness (QED) is 0.240. The van der Waals surface area contributed by atoms with Gasteiger partial charge in [0.05, 0.1) is 6.54 Å². The van der Waals surface area contributed by atoms with E-state index in [0.717, 1.165) is 25.9 Å². The Bertz CT molecular complexity index is 691. The van der Waals surface area contributed by atoms with Gasteiger partial charge < -0.3 is 16.4 Å². The number of sulfonamides is 1. The van der Waals surface area contributed by atoms with Gasteiger partial charge in [-0.15, -0.1) is 24.0 Å². The van der Waals surface area contributed by atoms with Crippen LogP contribution in [0.5, 0.6) is 0 Å². The van der Waals surface area contributed by atoms with Gasteiger partial charge in [-0.1, -0.05) is 0 Å². The number of carbonyl (C=O) groups is 1. The molecular formula is C16H30F3IN6O3S. The van der Waals surface area contributed by atoms with Gasteiger partial charge in [-0.3, -0.25) is 14.7 Å². The van der Waals surface area contributed by atoms with Gasteiger partial charge in [0.25, 0.3) is 0 Å². The van der Waals surface area contributed by atoms with Crippen molar-refractivity contribution in [3.63, 3.8) is 0 Å². The van der Waals surface area contributed by atoms with Gasteiger partial charge in [0, 0.05) is 45.8 Å². The lowest BCUT2D eigenvalue weighted by Gasteiger charge is -2.33. The Balaban J connectivity index is 0.00000450. The molecular weight excluding hydrogens is 540 g/mol. The number of amides is 1. The van der Waals surface area contributed by atoms with Crippen molar-refractivity contribution >= 4 is 45.9 Å². The molecule has 0 atom stereocenters. The average molecular weight is 570 g/mol. The highest BCUT2D eigenvalue weighted by Gasteiger charge is 2.50. The number of hydrogen-bond donors (Lipinski definition) is 3. The highest BCUT2D eigenvalue weighted by molar-refractivity contribution is 14.0. The molecule has 0 aromatic heterocycles. The fourth-order valence-electron chi connectivity index (χ4n) is 3.58. The van der Waals surface area contributed by atoms with Crippen LogP contribution in [0.4, 0.5) is 13.2 Å². The summed E-state index contributed by atoms with van der Waals surface area (Å²) in [6.07, 6.45) is 2.37. The Kier molecular flexibility index (Phi) is 10.6. The minimum absolute atomic E-state index is 0. The Hall–Kier alpha value is -0.870. The Morgan fingerprint density at radius 2 is 1.70 bits per heavy atom. The third-order valence-electron chi connectivity index (χ3n) is 5.30. The van der Waals surface area contributed by atoms with Gasteiger partial charge in [0.1, 0.15) is 0 Å². The standard InChI is InChI=1S/C16H29F3N6O3S.HI/c1-21-15(23-13-4-6-24(7-5-13)11-14(20)26)22-10-12-2-8-25(9-3-12)29(27,28)16(17,18)19;/h12-13H,2-11H2,1H3,(H2,20,26)(H2,21,22,23);1H. The van der Waals surface area contributed by atoms with E-state index in [2.05, 4.69) is 15.6 Å². The number of nitrogens with zero attached hydrogens (tertiary/aromatic N) is 3. The molecule has 0 spiro atoms. The van der Waals surface area contributed by atoms with E-state index in [1.807, 2.05) is 4.90 Å². The first-order valence-corrected chi connectivity index (χ1v) is 11.0. The number of piperidine rings is 2. The maximum Gasteiger partial charge on any atom is 0.511 e. The molecule has 0 aliphatic carbocycles. The van der Waals surface area contributed by atoms with Crippen LogP contribution in [0, 0.1) is 5.92 Å². The van der Waals surface area contributed by atoms with Gasteiger partial charge in [-0.05, 0) is 31.6 Å². The SMILES string of the molecule is CN=C(NCC1CCN(S(=O)(=O)C(F)(F)F)CC1)NC1CCN(CC(N)=O)CC1.I. The maximum atomic E-state index is 12.6. The predicted molar refractivity (Wildman–Crippen MR) is 118 cm³/mol. The summed E-state index contributed by atoms with van der Waals surface area (Å²) in [6.45, 7) is 1.98. The van der Waals surface area contributed by atoms with E-state index in [4.69, 9.17) is 5.73 Å². The molecule has 2 heterocycles. The molecule has 2 fully saturated rings. The zero-order valence-corrected chi connectivity index (χ0v) is 20.0. The van der Waals surface area contributed by atoms with Crippen LogP contribution in [-0.2, 0) is 14.8 Å². The summed E-state index contributed by atoms with van der Waals surface area (Å²) in [6, 6.07) is 0.198. The number of guanidine groups is 1. The van der Waals surface area contributed by atoms with Gasteiger partial charge in [0.2, 0.25) is 5.91 Å². The van der Waals surface area contributed by atoms with E-state index in [9.17, 15) is 26.4 Å². The number of likely N-dealkylation sites (tertiary alicyclic amines) is 1. The molecule has 2 aliphatic rings. The first-order chi connectivity index (χ1) is 13.5. The Labute approximate surface area is 192 Å². The molecule has 2 aliphatic heterocycles. The lowest BCUT2D eigenvalue weighted by Crippen LogP contribution is -2.51. The minimum atomic E-state index is -5.25. The summed E-state index contributed by atoms with van der Waals surface area (Å²) >= 11 is 0. The molecule has 0 aromatic rings. The molecule has 0 radical (unpaired) electrons. The van der Waals surface area contributed by atoms with Crippen LogP contribution in [0.2, 0.25) is 0 Å². The van der Waals surface area contributed by atoms with Crippen LogP contribution in [0.25, 0.3) is 0 Å². The molecule has 2 saturated heterocycles. The van der Waals surface area contributed by atoms with Crippen LogP contribution < -0.4 is 16.4 Å². The summed E-state index contributed by atoms with van der Waals surface area (Å²) in [7, 11) is -3.61. The average Bonchev–Trinajstić information content (AvgIpc) is 2.65. The lowest BCUT2D eigenvalue weighted by molar-refractivity contribution is -0.119. The topological polar surface area (TPSA) is 120 Å². The van der Waals surface area contributed by atoms with Crippen molar-refractivity contribution in [1.29, 1.82) is 0 Å². The molecule has 2 rings (SSSR count). The highest BCUT2D eigenvalue weighted by atomic mass is 127. The molecule has 176 valence electrons. The van der Waals surface area contributed by atoms with E-state index >= 15 is 0 Å². The van der Waals surface area contributed by atoms with Gasteiger partial charge >= 0.3 is 15.5 Å². The molecule has 0 bridgehead atoms. The second kappa shape index (κ2) is 11.7. The molecule has 0 aromatic carbocycles. The second-order valence-electron chi connectivity index (χ2n) is 7.41. The van der Waals surface area contributed by atoms with Crippen molar-refractivity contribution < 1.29 is 26.4 Å². The van der Waals surface area contributed by atoms with E-state index in [1.165, 1.54) is 0 Å². The molecule has 4 N–H and O–H groups in total. The number of nitrogens with two attached hydrogens (primary N) is 1. The Morgan fingerprint density at radius 3 is 2.17 bits per heavy atom. The van der Waals surface area contributed by atoms with Crippen LogP contribution in [0.15, 0.2) is 4.99 Å². The smallest absolute Gasteiger partial charge is 0.369 e. The summed E-state index contributed by atoms with van der Waals surface area (Å²) < 4.78 is 61.3. The molecule has 30 heavy (non-hydrogen) atoms. The number of halogens is 4. The number of primary amides is 1. The number of carbonyl (C=O) groups excluding carboxylic acids is 1. The molecule has 1 amide bonds. The van der Waals surface area contributed by atoms with Crippen molar-refractivity contribution in [2.75, 3.05) is 46.3 Å². The molecule has 9 nitrogen and oxygen atoms in total. The minimum Gasteiger partial charge on any atom is -0.369 e. The Morgan fingerprint density at radius 1 is 1.13 bits per heavy atom. The largest absolute Gasteiger partial charge is 0.511 e. The first kappa shape index (κ1) is 27.2. The van der Waals surface area contributed by atoms with Gasteiger partial charge in [-0.2, -0.15) is 17.5 Å². The van der Waals surface area contributed by atoms with Crippen molar-refractivity contribution in [2.45, 2.75) is 37.2 Å². The summed E-state index contributed by atoms with van der Waals surface area (Å²) in [5.74, 6) is 0.317. The fourth-order valence-corrected chi connectivity index (χ4v) is 4.57. The number of hydrogen-bond acceptors (Lipinski definition) is 5. The predicted octanol–water partition coefficient (Wildman–Crippen LogP) is 0.281. The van der Waals surface area contributed by atoms with Gasteiger partial charge in [0.15, 0.2) is 5.96 Å². The molecule has 0 unspecified atom stereocenters. The third-order valence-corrected chi connectivity index (χ3v) is 6.93. The van der Waals surface area contributed by atoms with E-state index in [1.54, 1.807) is 7.05 Å². The second-order valence-corrected chi connectivity index (χ2v) is 9.34. The van der Waals surface area contributed by atoms with E-state index in [-0.39, 0.29) is 61.5 Å². The van der Waals surface area contributed by atoms with Crippen molar-refractivity contribution in [3.8, 4) is 0 Å². The van der Waals surface area contributed by atoms with Crippen molar-refractivity contribution in [3.05, 3.63) is 0 Å². The number of nitrogens with one attached hydrogen (secondary N) is 2. The zero-order valence-electron chi connectivity index (χ0n) is 16.8. The first-order valence-electron chi connectivity index (χ1n) is 9.57. The van der Waals surface area contributed by atoms with Crippen LogP contribution in [0.3, 0.4) is 0 Å². The number of alkyl halides is 3. The van der Waals surface area contributed by atoms with Crippen LogP contribution in [-0.4, -0.2) is 87.4 Å². The van der Waals surface area contributed by atoms with Crippen LogP contribution in [0.1, 0.15) is 25.7 Å². The molecule has 0 saturated carbocycles. The van der Waals surface area contributed by atoms with Gasteiger partial charge in [-0.25, -0.2) is 8.42 Å². The summed E-state index contributed by atoms with van der Waals surface area (Å²) in [5, 5.41) is 6.49. The fraction of sp³-hybridized carbons (Fsp3) is 0.875.